The Bertz CT molecular complexity index is 1430. The van der Waals surface area contributed by atoms with Gasteiger partial charge in [-0.1, -0.05) is 66.7 Å². The molecule has 0 aliphatic heterocycles. The summed E-state index contributed by atoms with van der Waals surface area (Å²) in [5.74, 6) is 0.832. The zero-order valence-electron chi connectivity index (χ0n) is 21.0. The Balaban J connectivity index is 1.69. The summed E-state index contributed by atoms with van der Waals surface area (Å²) in [5, 5.41) is 3.76. The third-order valence-corrected chi connectivity index (χ3v) is 11.6. The fraction of sp³-hybridized carbons (Fsp3) is 0.0606. The first kappa shape index (κ1) is 25.9. The molecule has 188 valence electrons. The molecule has 0 atom stereocenters. The second-order valence-electron chi connectivity index (χ2n) is 8.82. The van der Waals surface area contributed by atoms with Crippen LogP contribution in [0, 0.1) is 0 Å². The van der Waals surface area contributed by atoms with Gasteiger partial charge in [0.15, 0.2) is 0 Å². The SMILES string of the molecule is COc1ccc(OC(=O)c2ccccc2Br)c(C[P+](c2ccccc2)(c2ccccc2)c2ccccc2)c1. The van der Waals surface area contributed by atoms with Gasteiger partial charge >= 0.3 is 5.97 Å². The second-order valence-corrected chi connectivity index (χ2v) is 13.2. The van der Waals surface area contributed by atoms with Crippen LogP contribution in [-0.4, -0.2) is 13.1 Å². The molecule has 5 rings (SSSR count). The van der Waals surface area contributed by atoms with E-state index in [-0.39, 0.29) is 0 Å². The molecule has 0 aromatic heterocycles. The molecule has 0 fully saturated rings. The predicted octanol–water partition coefficient (Wildman–Crippen LogP) is 7.17. The highest BCUT2D eigenvalue weighted by molar-refractivity contribution is 9.10. The monoisotopic (exact) mass is 581 g/mol. The van der Waals surface area contributed by atoms with Gasteiger partial charge in [0.2, 0.25) is 0 Å². The molecule has 0 bridgehead atoms. The van der Waals surface area contributed by atoms with Crippen molar-refractivity contribution in [3.8, 4) is 11.5 Å². The van der Waals surface area contributed by atoms with Gasteiger partial charge in [-0.2, -0.15) is 0 Å². The van der Waals surface area contributed by atoms with Crippen LogP contribution in [0.4, 0.5) is 0 Å². The van der Waals surface area contributed by atoms with Crippen molar-refractivity contribution < 1.29 is 14.3 Å². The fourth-order valence-electron chi connectivity index (χ4n) is 4.71. The van der Waals surface area contributed by atoms with E-state index >= 15 is 0 Å². The highest BCUT2D eigenvalue weighted by Crippen LogP contribution is 2.59. The minimum atomic E-state index is -2.21. The lowest BCUT2D eigenvalue weighted by Gasteiger charge is -2.28. The average molecular weight is 582 g/mol. The Morgan fingerprint density at radius 2 is 1.18 bits per heavy atom. The molecule has 0 amide bonds. The lowest BCUT2D eigenvalue weighted by Crippen LogP contribution is -2.32. The topological polar surface area (TPSA) is 35.5 Å². The summed E-state index contributed by atoms with van der Waals surface area (Å²) in [6, 6.07) is 44.9. The first-order chi connectivity index (χ1) is 18.6. The highest BCUT2D eigenvalue weighted by Gasteiger charge is 2.46. The van der Waals surface area contributed by atoms with Gasteiger partial charge in [0.1, 0.15) is 40.8 Å². The summed E-state index contributed by atoms with van der Waals surface area (Å²) < 4.78 is 12.4. The van der Waals surface area contributed by atoms with Crippen molar-refractivity contribution in [3.63, 3.8) is 0 Å². The van der Waals surface area contributed by atoms with Gasteiger partial charge in [0.05, 0.1) is 12.7 Å². The molecule has 0 heterocycles. The number of methoxy groups -OCH3 is 1. The van der Waals surface area contributed by atoms with Crippen LogP contribution in [0.25, 0.3) is 0 Å². The van der Waals surface area contributed by atoms with Crippen molar-refractivity contribution >= 4 is 45.1 Å². The maximum Gasteiger partial charge on any atom is 0.344 e. The van der Waals surface area contributed by atoms with E-state index in [2.05, 4.69) is 88.7 Å². The largest absolute Gasteiger partial charge is 0.497 e. The smallest absolute Gasteiger partial charge is 0.344 e. The number of carbonyl (C=O) groups excluding carboxylic acids is 1. The molecule has 5 aromatic rings. The molecule has 0 aliphatic carbocycles. The van der Waals surface area contributed by atoms with Crippen LogP contribution in [0.1, 0.15) is 15.9 Å². The van der Waals surface area contributed by atoms with Crippen LogP contribution in [-0.2, 0) is 6.16 Å². The third kappa shape index (κ3) is 5.29. The molecular formula is C33H27BrO3P+. The molecule has 0 N–H and O–H groups in total. The molecule has 38 heavy (non-hydrogen) atoms. The van der Waals surface area contributed by atoms with Crippen molar-refractivity contribution in [3.05, 3.63) is 149 Å². The van der Waals surface area contributed by atoms with Crippen LogP contribution < -0.4 is 25.4 Å². The number of ether oxygens (including phenoxy) is 2. The maximum absolute atomic E-state index is 13.2. The van der Waals surface area contributed by atoms with Crippen LogP contribution in [0.2, 0.25) is 0 Å². The first-order valence-corrected chi connectivity index (χ1v) is 15.1. The number of benzene rings is 5. The molecule has 5 aromatic carbocycles. The third-order valence-electron chi connectivity index (χ3n) is 6.56. The number of esters is 1. The molecule has 0 radical (unpaired) electrons. The van der Waals surface area contributed by atoms with E-state index in [0.717, 1.165) is 5.56 Å². The lowest BCUT2D eigenvalue weighted by molar-refractivity contribution is 0.0732. The van der Waals surface area contributed by atoms with E-state index in [9.17, 15) is 4.79 Å². The normalized spacial score (nSPS) is 11.1. The Kier molecular flexibility index (Phi) is 8.03. The second kappa shape index (κ2) is 11.8. The number of hydrogen-bond donors (Lipinski definition) is 0. The lowest BCUT2D eigenvalue weighted by atomic mass is 10.2. The zero-order chi connectivity index (χ0) is 26.4. The van der Waals surface area contributed by atoms with Gasteiger partial charge in [-0.05, 0) is 82.7 Å². The van der Waals surface area contributed by atoms with Gasteiger partial charge in [-0.25, -0.2) is 4.79 Å². The minimum absolute atomic E-state index is 0.410. The van der Waals surface area contributed by atoms with Gasteiger partial charge in [-0.3, -0.25) is 0 Å². The summed E-state index contributed by atoms with van der Waals surface area (Å²) >= 11 is 3.48. The standard InChI is InChI=1S/C33H27BrO3P/c1-36-26-21-22-32(37-33(35)30-19-11-12-20-31(30)34)25(23-26)24-38(27-13-5-2-6-14-27,28-15-7-3-8-16-28)29-17-9-4-10-18-29/h2-23H,24H2,1H3/q+1. The minimum Gasteiger partial charge on any atom is -0.497 e. The summed E-state index contributed by atoms with van der Waals surface area (Å²) in [6.45, 7) is 0. The molecule has 3 nitrogen and oxygen atoms in total. The van der Waals surface area contributed by atoms with E-state index in [1.54, 1.807) is 13.2 Å². The molecule has 0 unspecified atom stereocenters. The number of carbonyl (C=O) groups is 1. The molecule has 5 heteroatoms. The quantitative estimate of drug-likeness (QED) is 0.111. The van der Waals surface area contributed by atoms with Gasteiger partial charge in [0.25, 0.3) is 0 Å². The summed E-state index contributed by atoms with van der Waals surface area (Å²) in [4.78, 5) is 13.2. The summed E-state index contributed by atoms with van der Waals surface area (Å²) in [5.41, 5.74) is 1.39. The Morgan fingerprint density at radius 3 is 1.68 bits per heavy atom. The van der Waals surface area contributed by atoms with Crippen LogP contribution in [0.3, 0.4) is 0 Å². The van der Waals surface area contributed by atoms with Crippen LogP contribution in [0.15, 0.2) is 138 Å². The van der Waals surface area contributed by atoms with Crippen molar-refractivity contribution in [2.24, 2.45) is 0 Å². The van der Waals surface area contributed by atoms with Crippen molar-refractivity contribution in [1.82, 2.24) is 0 Å². The van der Waals surface area contributed by atoms with Crippen molar-refractivity contribution in [2.75, 3.05) is 7.11 Å². The molecular weight excluding hydrogens is 555 g/mol. The highest BCUT2D eigenvalue weighted by atomic mass is 79.9. The summed E-state index contributed by atoms with van der Waals surface area (Å²) in [6.07, 6.45) is 0.654. The van der Waals surface area contributed by atoms with E-state index in [1.165, 1.54) is 15.9 Å². The average Bonchev–Trinajstić information content (AvgIpc) is 2.98. The Hall–Kier alpha value is -3.72. The van der Waals surface area contributed by atoms with E-state index < -0.39 is 13.2 Å². The number of halogens is 1. The Morgan fingerprint density at radius 1 is 0.684 bits per heavy atom. The van der Waals surface area contributed by atoms with Gasteiger partial charge in [0, 0.05) is 10.0 Å². The van der Waals surface area contributed by atoms with E-state index in [4.69, 9.17) is 9.47 Å². The molecule has 0 saturated carbocycles. The maximum atomic E-state index is 13.2. The Labute approximate surface area is 232 Å². The molecule has 0 spiro atoms. The zero-order valence-corrected chi connectivity index (χ0v) is 23.4. The van der Waals surface area contributed by atoms with Crippen LogP contribution in [0.5, 0.6) is 11.5 Å². The molecule has 0 saturated heterocycles. The van der Waals surface area contributed by atoms with E-state index in [1.807, 2.05) is 54.6 Å². The van der Waals surface area contributed by atoms with Crippen molar-refractivity contribution in [2.45, 2.75) is 6.16 Å². The van der Waals surface area contributed by atoms with Crippen molar-refractivity contribution in [1.29, 1.82) is 0 Å². The molecule has 0 aliphatic rings. The first-order valence-electron chi connectivity index (χ1n) is 12.3. The summed E-state index contributed by atoms with van der Waals surface area (Å²) in [7, 11) is -0.561. The number of rotatable bonds is 8. The van der Waals surface area contributed by atoms with Crippen LogP contribution >= 0.6 is 23.2 Å². The van der Waals surface area contributed by atoms with E-state index in [0.29, 0.717) is 27.7 Å². The van der Waals surface area contributed by atoms with Gasteiger partial charge < -0.3 is 9.47 Å². The number of hydrogen-bond acceptors (Lipinski definition) is 3. The fourth-order valence-corrected chi connectivity index (χ4v) is 9.40. The predicted molar refractivity (Wildman–Crippen MR) is 161 cm³/mol. The van der Waals surface area contributed by atoms with Gasteiger partial charge in [-0.15, -0.1) is 0 Å².